The lowest BCUT2D eigenvalue weighted by molar-refractivity contribution is 0.0935. The van der Waals surface area contributed by atoms with Crippen molar-refractivity contribution in [3.05, 3.63) is 74.7 Å². The minimum absolute atomic E-state index is 0.0117. The minimum Gasteiger partial charge on any atom is -0.294 e. The van der Waals surface area contributed by atoms with Gasteiger partial charge in [-0.2, -0.15) is 5.10 Å². The molecule has 3 aromatic rings. The molecule has 0 aliphatic carbocycles. The van der Waals surface area contributed by atoms with Crippen LogP contribution in [-0.2, 0) is 16.3 Å². The number of carbonyl (C=O) groups is 2. The minimum atomic E-state index is -3.16. The molecule has 4 rings (SSSR count). The van der Waals surface area contributed by atoms with Crippen LogP contribution < -0.4 is 0 Å². The maximum absolute atomic E-state index is 13.5. The molecule has 12 heteroatoms. The highest BCUT2D eigenvalue weighted by Gasteiger charge is 2.46. The SMILES string of the molecule is Cc1cc(Cl)cc(C(=O)CC2(C)CS(=O)(=O)C2)c1CC(=O)c1cc(C(F)F)nn1-c1ncccc1Cl. The van der Waals surface area contributed by atoms with Crippen LogP contribution in [0.2, 0.25) is 10.0 Å². The number of halogens is 4. The van der Waals surface area contributed by atoms with Crippen LogP contribution in [0.3, 0.4) is 0 Å². The summed E-state index contributed by atoms with van der Waals surface area (Å²) < 4.78 is 51.2. The van der Waals surface area contributed by atoms with Crippen LogP contribution >= 0.6 is 23.2 Å². The van der Waals surface area contributed by atoms with E-state index in [0.717, 1.165) is 10.7 Å². The van der Waals surface area contributed by atoms with Gasteiger partial charge in [0.15, 0.2) is 27.2 Å². The van der Waals surface area contributed by atoms with Crippen LogP contribution in [0.25, 0.3) is 5.82 Å². The third-order valence-electron chi connectivity index (χ3n) is 5.98. The van der Waals surface area contributed by atoms with Gasteiger partial charge in [-0.25, -0.2) is 26.9 Å². The molecule has 1 aromatic carbocycles. The summed E-state index contributed by atoms with van der Waals surface area (Å²) in [5, 5.41) is 4.22. The average molecular weight is 556 g/mol. The van der Waals surface area contributed by atoms with E-state index >= 15 is 0 Å². The Morgan fingerprint density at radius 1 is 1.17 bits per heavy atom. The van der Waals surface area contributed by atoms with Gasteiger partial charge in [0.05, 0.1) is 16.5 Å². The highest BCUT2D eigenvalue weighted by Crippen LogP contribution is 2.38. The Hall–Kier alpha value is -2.69. The first-order chi connectivity index (χ1) is 16.8. The molecule has 1 aliphatic heterocycles. The van der Waals surface area contributed by atoms with Crippen molar-refractivity contribution in [2.45, 2.75) is 33.1 Å². The van der Waals surface area contributed by atoms with E-state index in [4.69, 9.17) is 23.2 Å². The highest BCUT2D eigenvalue weighted by molar-refractivity contribution is 7.92. The Bertz CT molecular complexity index is 1480. The fraction of sp³-hybridized carbons (Fsp3) is 0.333. The summed E-state index contributed by atoms with van der Waals surface area (Å²) in [6.45, 7) is 3.40. The van der Waals surface area contributed by atoms with E-state index in [9.17, 15) is 26.8 Å². The molecule has 1 aliphatic rings. The van der Waals surface area contributed by atoms with Gasteiger partial charge in [0, 0.05) is 35.0 Å². The molecule has 7 nitrogen and oxygen atoms in total. The van der Waals surface area contributed by atoms with Crippen LogP contribution in [0.5, 0.6) is 0 Å². The first kappa shape index (κ1) is 26.4. The molecule has 3 heterocycles. The van der Waals surface area contributed by atoms with E-state index in [-0.39, 0.29) is 57.3 Å². The maximum Gasteiger partial charge on any atom is 0.282 e. The zero-order chi connectivity index (χ0) is 26.4. The molecular weight excluding hydrogens is 535 g/mol. The molecule has 0 radical (unpaired) electrons. The zero-order valence-electron chi connectivity index (χ0n) is 19.3. The molecule has 36 heavy (non-hydrogen) atoms. The van der Waals surface area contributed by atoms with E-state index in [0.29, 0.717) is 11.1 Å². The van der Waals surface area contributed by atoms with Crippen LogP contribution in [0.15, 0.2) is 36.5 Å². The third kappa shape index (κ3) is 5.35. The van der Waals surface area contributed by atoms with Gasteiger partial charge in [0.2, 0.25) is 0 Å². The monoisotopic (exact) mass is 555 g/mol. The van der Waals surface area contributed by atoms with E-state index in [1.54, 1.807) is 26.0 Å². The number of pyridine rings is 1. The van der Waals surface area contributed by atoms with Crippen molar-refractivity contribution in [3.8, 4) is 5.82 Å². The van der Waals surface area contributed by atoms with Crippen molar-refractivity contribution in [2.75, 3.05) is 11.5 Å². The predicted molar refractivity (Wildman–Crippen MR) is 131 cm³/mol. The smallest absolute Gasteiger partial charge is 0.282 e. The third-order valence-corrected chi connectivity index (χ3v) is 8.76. The highest BCUT2D eigenvalue weighted by atomic mass is 35.5. The number of Topliss-reactive ketones (excluding diaryl/α,β-unsaturated/α-hetero) is 2. The molecule has 1 saturated heterocycles. The predicted octanol–water partition coefficient (Wildman–Crippen LogP) is 5.25. The second-order valence-electron chi connectivity index (χ2n) is 9.27. The molecular formula is C24H21Cl2F2N3O4S. The number of benzene rings is 1. The number of hydrogen-bond acceptors (Lipinski definition) is 6. The fourth-order valence-corrected chi connectivity index (χ4v) is 7.23. The molecule has 0 atom stereocenters. The van der Waals surface area contributed by atoms with Crippen molar-refractivity contribution in [2.24, 2.45) is 5.41 Å². The summed E-state index contributed by atoms with van der Waals surface area (Å²) in [7, 11) is -3.16. The molecule has 0 amide bonds. The van der Waals surface area contributed by atoms with Gasteiger partial charge in [-0.05, 0) is 48.4 Å². The van der Waals surface area contributed by atoms with Gasteiger partial charge in [0.1, 0.15) is 11.4 Å². The fourth-order valence-electron chi connectivity index (χ4n) is 4.51. The number of aryl methyl sites for hydroxylation is 1. The second-order valence-corrected chi connectivity index (χ2v) is 12.2. The maximum atomic E-state index is 13.5. The lowest BCUT2D eigenvalue weighted by Crippen LogP contribution is -2.47. The van der Waals surface area contributed by atoms with Crippen molar-refractivity contribution in [1.29, 1.82) is 0 Å². The number of rotatable bonds is 8. The van der Waals surface area contributed by atoms with Crippen LogP contribution in [0.1, 0.15) is 57.4 Å². The summed E-state index contributed by atoms with van der Waals surface area (Å²) in [5.74, 6) is -1.12. The summed E-state index contributed by atoms with van der Waals surface area (Å²) in [4.78, 5) is 30.7. The Morgan fingerprint density at radius 2 is 1.86 bits per heavy atom. The van der Waals surface area contributed by atoms with E-state index in [1.807, 2.05) is 0 Å². The summed E-state index contributed by atoms with van der Waals surface area (Å²) in [5.41, 5.74) is -0.373. The lowest BCUT2D eigenvalue weighted by Gasteiger charge is -2.37. The molecule has 1 fully saturated rings. The molecule has 0 spiro atoms. The van der Waals surface area contributed by atoms with Crippen molar-refractivity contribution in [3.63, 3.8) is 0 Å². The van der Waals surface area contributed by atoms with Gasteiger partial charge in [0.25, 0.3) is 6.43 Å². The Labute approximate surface area is 216 Å². The summed E-state index contributed by atoms with van der Waals surface area (Å²) >= 11 is 12.4. The number of ketones is 2. The number of hydrogen-bond donors (Lipinski definition) is 0. The van der Waals surface area contributed by atoms with Crippen molar-refractivity contribution in [1.82, 2.24) is 14.8 Å². The van der Waals surface area contributed by atoms with Gasteiger partial charge in [-0.1, -0.05) is 30.1 Å². The van der Waals surface area contributed by atoms with Crippen LogP contribution in [0, 0.1) is 12.3 Å². The number of aromatic nitrogens is 3. The van der Waals surface area contributed by atoms with Crippen molar-refractivity contribution >= 4 is 44.6 Å². The Morgan fingerprint density at radius 3 is 2.47 bits per heavy atom. The van der Waals surface area contributed by atoms with Gasteiger partial charge >= 0.3 is 0 Å². The van der Waals surface area contributed by atoms with Gasteiger partial charge in [-0.3, -0.25) is 9.59 Å². The van der Waals surface area contributed by atoms with E-state index < -0.39 is 33.2 Å². The Kier molecular flexibility index (Phi) is 7.07. The standard InChI is InChI=1S/C24H21Cl2F2N3O4S/c1-13-6-14(25)7-16(21(33)10-24(2)11-36(34,35)12-24)15(13)8-20(32)19-9-18(22(27)28)30-31(19)23-17(26)4-3-5-29-23/h3-7,9,22H,8,10-12H2,1-2H3. The normalized spacial score (nSPS) is 16.1. The van der Waals surface area contributed by atoms with E-state index in [1.165, 1.54) is 18.3 Å². The summed E-state index contributed by atoms with van der Waals surface area (Å²) in [6, 6.07) is 7.05. The number of nitrogens with zero attached hydrogens (tertiary/aromatic N) is 3. The lowest BCUT2D eigenvalue weighted by atomic mass is 9.84. The first-order valence-electron chi connectivity index (χ1n) is 10.8. The Balaban J connectivity index is 1.71. The average Bonchev–Trinajstić information content (AvgIpc) is 3.19. The molecule has 0 unspecified atom stereocenters. The quantitative estimate of drug-likeness (QED) is 0.352. The summed E-state index contributed by atoms with van der Waals surface area (Å²) in [6.07, 6.45) is -1.89. The number of sulfone groups is 1. The first-order valence-corrected chi connectivity index (χ1v) is 13.4. The van der Waals surface area contributed by atoms with Crippen LogP contribution in [0.4, 0.5) is 8.78 Å². The second kappa shape index (κ2) is 9.64. The van der Waals surface area contributed by atoms with E-state index in [2.05, 4.69) is 10.1 Å². The van der Waals surface area contributed by atoms with Gasteiger partial charge in [-0.15, -0.1) is 0 Å². The molecule has 0 bridgehead atoms. The van der Waals surface area contributed by atoms with Crippen molar-refractivity contribution < 1.29 is 26.8 Å². The molecule has 190 valence electrons. The zero-order valence-corrected chi connectivity index (χ0v) is 21.6. The topological polar surface area (TPSA) is 99.0 Å². The molecule has 0 N–H and O–H groups in total. The molecule has 0 saturated carbocycles. The van der Waals surface area contributed by atoms with Crippen LogP contribution in [-0.4, -0.2) is 46.3 Å². The van der Waals surface area contributed by atoms with Gasteiger partial charge < -0.3 is 0 Å². The number of carbonyl (C=O) groups excluding carboxylic acids is 2. The largest absolute Gasteiger partial charge is 0.294 e. The number of alkyl halides is 2. The molecule has 2 aromatic heterocycles.